The second kappa shape index (κ2) is 7.85. The van der Waals surface area contributed by atoms with Crippen molar-refractivity contribution >= 4 is 15.8 Å². The van der Waals surface area contributed by atoms with Crippen molar-refractivity contribution in [3.8, 4) is 0 Å². The lowest BCUT2D eigenvalue weighted by atomic mass is 9.95. The highest BCUT2D eigenvalue weighted by Gasteiger charge is 2.23. The van der Waals surface area contributed by atoms with E-state index in [0.29, 0.717) is 31.4 Å². The van der Waals surface area contributed by atoms with Gasteiger partial charge in [0, 0.05) is 31.4 Å². The number of nitrogens with zero attached hydrogens (tertiary/aromatic N) is 3. The fourth-order valence-electron chi connectivity index (χ4n) is 2.76. The highest BCUT2D eigenvalue weighted by molar-refractivity contribution is 7.88. The first-order valence-corrected chi connectivity index (χ1v) is 9.44. The van der Waals surface area contributed by atoms with E-state index in [1.807, 2.05) is 6.07 Å². The molecule has 2 N–H and O–H groups in total. The van der Waals surface area contributed by atoms with E-state index in [9.17, 15) is 8.42 Å². The second-order valence-corrected chi connectivity index (χ2v) is 7.69. The molecule has 1 aromatic heterocycles. The fourth-order valence-corrected chi connectivity index (χ4v) is 3.66. The first kappa shape index (κ1) is 17.1. The Morgan fingerprint density at radius 3 is 2.91 bits per heavy atom. The summed E-state index contributed by atoms with van der Waals surface area (Å²) in [6.45, 7) is 1.72. The molecule has 124 valence electrons. The van der Waals surface area contributed by atoms with Gasteiger partial charge in [-0.3, -0.25) is 0 Å². The maximum Gasteiger partial charge on any atom is 0.211 e. The molecule has 1 aliphatic rings. The van der Waals surface area contributed by atoms with Gasteiger partial charge in [0.1, 0.15) is 12.1 Å². The number of anilines is 1. The summed E-state index contributed by atoms with van der Waals surface area (Å²) in [5.41, 5.74) is 0.952. The third kappa shape index (κ3) is 5.19. The van der Waals surface area contributed by atoms with Gasteiger partial charge in [0.2, 0.25) is 10.0 Å². The van der Waals surface area contributed by atoms with E-state index in [1.54, 1.807) is 4.31 Å². The quantitative estimate of drug-likeness (QED) is 0.789. The molecule has 0 saturated carbocycles. The molecule has 1 aliphatic heterocycles. The fraction of sp³-hybridized carbons (Fsp3) is 0.714. The van der Waals surface area contributed by atoms with Gasteiger partial charge in [-0.15, -0.1) is 0 Å². The van der Waals surface area contributed by atoms with E-state index in [-0.39, 0.29) is 6.61 Å². The Bertz CT molecular complexity index is 579. The number of sulfonamides is 1. The van der Waals surface area contributed by atoms with Gasteiger partial charge in [0.05, 0.1) is 12.9 Å². The molecule has 7 nitrogen and oxygen atoms in total. The molecule has 8 heteroatoms. The van der Waals surface area contributed by atoms with Gasteiger partial charge in [-0.25, -0.2) is 22.7 Å². The van der Waals surface area contributed by atoms with Crippen molar-refractivity contribution in [3.05, 3.63) is 18.1 Å². The van der Waals surface area contributed by atoms with Crippen LogP contribution >= 0.6 is 0 Å². The minimum absolute atomic E-state index is 0.0588. The lowest BCUT2D eigenvalue weighted by Crippen LogP contribution is -2.30. The molecule has 1 atom stereocenters. The van der Waals surface area contributed by atoms with Gasteiger partial charge >= 0.3 is 0 Å². The van der Waals surface area contributed by atoms with Crippen LogP contribution in [-0.4, -0.2) is 60.3 Å². The van der Waals surface area contributed by atoms with E-state index < -0.39 is 10.0 Å². The zero-order valence-corrected chi connectivity index (χ0v) is 13.7. The summed E-state index contributed by atoms with van der Waals surface area (Å²) in [7, 11) is -3.09. The minimum Gasteiger partial charge on any atom is -0.395 e. The second-order valence-electron chi connectivity index (χ2n) is 5.71. The van der Waals surface area contributed by atoms with Gasteiger partial charge in [0.15, 0.2) is 0 Å². The lowest BCUT2D eigenvalue weighted by Gasteiger charge is -2.17. The zero-order valence-electron chi connectivity index (χ0n) is 12.9. The zero-order chi connectivity index (χ0) is 16.0. The highest BCUT2D eigenvalue weighted by Crippen LogP contribution is 2.22. The van der Waals surface area contributed by atoms with Gasteiger partial charge in [-0.2, -0.15) is 0 Å². The molecule has 0 aromatic carbocycles. The summed E-state index contributed by atoms with van der Waals surface area (Å²) in [5.74, 6) is 1.15. The molecule has 1 unspecified atom stereocenters. The minimum atomic E-state index is -3.09. The summed E-state index contributed by atoms with van der Waals surface area (Å²) >= 11 is 0. The SMILES string of the molecule is CS(=O)(=O)N1CCCC(Cc2cc(NCCO)ncn2)CC1. The van der Waals surface area contributed by atoms with Crippen LogP contribution in [0.5, 0.6) is 0 Å². The van der Waals surface area contributed by atoms with Crippen LogP contribution in [0, 0.1) is 5.92 Å². The summed E-state index contributed by atoms with van der Waals surface area (Å²) < 4.78 is 24.8. The number of rotatable bonds is 6. The first-order chi connectivity index (χ1) is 10.5. The number of nitrogens with one attached hydrogen (secondary N) is 1. The molecule has 22 heavy (non-hydrogen) atoms. The molecule has 2 heterocycles. The summed E-state index contributed by atoms with van der Waals surface area (Å²) in [4.78, 5) is 8.41. The van der Waals surface area contributed by atoms with Crippen LogP contribution < -0.4 is 5.32 Å². The smallest absolute Gasteiger partial charge is 0.211 e. The van der Waals surface area contributed by atoms with Crippen LogP contribution in [0.2, 0.25) is 0 Å². The summed E-state index contributed by atoms with van der Waals surface area (Å²) in [6.07, 6.45) is 6.38. The number of aliphatic hydroxyl groups excluding tert-OH is 1. The van der Waals surface area contributed by atoms with E-state index in [2.05, 4.69) is 15.3 Å². The standard InChI is InChI=1S/C14H24N4O3S/c1-22(20,21)18-6-2-3-12(4-7-18)9-13-10-14(15-5-8-19)17-11-16-13/h10-12,19H,2-9H2,1H3,(H,15,16,17). The number of aromatic nitrogens is 2. The van der Waals surface area contributed by atoms with Crippen molar-refractivity contribution in [2.24, 2.45) is 5.92 Å². The molecule has 2 rings (SSSR count). The Morgan fingerprint density at radius 2 is 2.18 bits per heavy atom. The predicted octanol–water partition coefficient (Wildman–Crippen LogP) is 0.485. The Balaban J connectivity index is 1.93. The Labute approximate surface area is 131 Å². The molecular weight excluding hydrogens is 304 g/mol. The molecule has 0 spiro atoms. The van der Waals surface area contributed by atoms with E-state index in [0.717, 1.165) is 31.4 Å². The van der Waals surface area contributed by atoms with Crippen molar-refractivity contribution in [2.75, 3.05) is 37.8 Å². The summed E-state index contributed by atoms with van der Waals surface area (Å²) in [6, 6.07) is 1.90. The molecular formula is C14H24N4O3S. The predicted molar refractivity (Wildman–Crippen MR) is 85.1 cm³/mol. The van der Waals surface area contributed by atoms with Gasteiger partial charge < -0.3 is 10.4 Å². The third-order valence-corrected chi connectivity index (χ3v) is 5.22. The molecule has 0 aliphatic carbocycles. The molecule has 0 radical (unpaired) electrons. The van der Waals surface area contributed by atoms with Crippen LogP contribution in [0.3, 0.4) is 0 Å². The molecule has 1 saturated heterocycles. The van der Waals surface area contributed by atoms with E-state index in [1.165, 1.54) is 12.6 Å². The van der Waals surface area contributed by atoms with Crippen LogP contribution in [0.25, 0.3) is 0 Å². The van der Waals surface area contributed by atoms with Crippen molar-refractivity contribution in [1.29, 1.82) is 0 Å². The van der Waals surface area contributed by atoms with Crippen LogP contribution in [0.4, 0.5) is 5.82 Å². The maximum atomic E-state index is 11.6. The average Bonchev–Trinajstić information content (AvgIpc) is 2.71. The third-order valence-electron chi connectivity index (χ3n) is 3.92. The molecule has 1 aromatic rings. The van der Waals surface area contributed by atoms with Crippen LogP contribution in [0.1, 0.15) is 25.0 Å². The monoisotopic (exact) mass is 328 g/mol. The number of hydrogen-bond acceptors (Lipinski definition) is 6. The van der Waals surface area contributed by atoms with Crippen molar-refractivity contribution in [2.45, 2.75) is 25.7 Å². The summed E-state index contributed by atoms with van der Waals surface area (Å²) in [5, 5.41) is 11.8. The Hall–Kier alpha value is -1.25. The van der Waals surface area contributed by atoms with Crippen molar-refractivity contribution in [1.82, 2.24) is 14.3 Å². The Morgan fingerprint density at radius 1 is 1.36 bits per heavy atom. The topological polar surface area (TPSA) is 95.4 Å². The normalized spacial score (nSPS) is 20.5. The maximum absolute atomic E-state index is 11.6. The Kier molecular flexibility index (Phi) is 6.10. The number of aliphatic hydroxyl groups is 1. The van der Waals surface area contributed by atoms with Crippen LogP contribution in [-0.2, 0) is 16.4 Å². The van der Waals surface area contributed by atoms with Crippen molar-refractivity contribution < 1.29 is 13.5 Å². The highest BCUT2D eigenvalue weighted by atomic mass is 32.2. The van der Waals surface area contributed by atoms with Gasteiger partial charge in [-0.05, 0) is 31.6 Å². The van der Waals surface area contributed by atoms with E-state index in [4.69, 9.17) is 5.11 Å². The molecule has 0 bridgehead atoms. The van der Waals surface area contributed by atoms with Gasteiger partial charge in [-0.1, -0.05) is 0 Å². The van der Waals surface area contributed by atoms with E-state index >= 15 is 0 Å². The molecule has 0 amide bonds. The number of hydrogen-bond donors (Lipinski definition) is 2. The largest absolute Gasteiger partial charge is 0.395 e. The first-order valence-electron chi connectivity index (χ1n) is 7.60. The lowest BCUT2D eigenvalue weighted by molar-refractivity contribution is 0.311. The average molecular weight is 328 g/mol. The van der Waals surface area contributed by atoms with Gasteiger partial charge in [0.25, 0.3) is 0 Å². The van der Waals surface area contributed by atoms with Crippen LogP contribution in [0.15, 0.2) is 12.4 Å². The van der Waals surface area contributed by atoms with Crippen molar-refractivity contribution in [3.63, 3.8) is 0 Å². The molecule has 1 fully saturated rings.